The number of carboxylic acids is 1. The number of pyridine rings is 1. The van der Waals surface area contributed by atoms with E-state index in [1.807, 2.05) is 0 Å². The summed E-state index contributed by atoms with van der Waals surface area (Å²) < 4.78 is 23.0. The molecule has 13 nitrogen and oxygen atoms in total. The second-order valence-electron chi connectivity index (χ2n) is 9.49. The number of rotatable bonds is 9. The highest BCUT2D eigenvalue weighted by Gasteiger charge is 2.52. The van der Waals surface area contributed by atoms with Crippen LogP contribution in [0.25, 0.3) is 16.8 Å². The van der Waals surface area contributed by atoms with E-state index < -0.39 is 40.8 Å². The van der Waals surface area contributed by atoms with Gasteiger partial charge in [-0.05, 0) is 23.8 Å². The standard InChI is InChI=1S/C27H24FN5O8S/c1-14(34)29-22-24(36)33-23(26(37)38)16(13-42-25(22)33)11-31-7-5-15(6-8-31)19-4-3-17(9-20(19)28)32-12-18(41-27(32)39)10-21(35)30-40-2/h3-9,12,22,25H,10-11,13H2,1-2H3,(H2-,29,30,34,35,37,38)/t22-,25+/m1/s1. The summed E-state index contributed by atoms with van der Waals surface area (Å²) in [6.45, 7) is 1.43. The largest absolute Gasteiger partial charge is 0.543 e. The number of carboxylic acid groups (broad SMARTS) is 1. The number of oxazole rings is 1. The van der Waals surface area contributed by atoms with Gasteiger partial charge >= 0.3 is 5.76 Å². The van der Waals surface area contributed by atoms with Gasteiger partial charge in [0.15, 0.2) is 18.9 Å². The molecule has 2 N–H and O–H groups in total. The first kappa shape index (κ1) is 28.8. The number of hydrogen-bond acceptors (Lipinski definition) is 9. The molecule has 42 heavy (non-hydrogen) atoms. The maximum absolute atomic E-state index is 15.1. The van der Waals surface area contributed by atoms with Gasteiger partial charge in [0.05, 0.1) is 37.1 Å². The first-order chi connectivity index (χ1) is 20.1. The summed E-state index contributed by atoms with van der Waals surface area (Å²) in [5.41, 5.74) is 3.34. The number of hydroxylamine groups is 1. The Labute approximate surface area is 241 Å². The van der Waals surface area contributed by atoms with E-state index in [1.165, 1.54) is 44.1 Å². The van der Waals surface area contributed by atoms with Gasteiger partial charge in [0.1, 0.15) is 23.0 Å². The van der Waals surface area contributed by atoms with Crippen LogP contribution in [-0.4, -0.2) is 57.4 Å². The van der Waals surface area contributed by atoms with Gasteiger partial charge in [-0.25, -0.2) is 23.8 Å². The zero-order valence-electron chi connectivity index (χ0n) is 22.3. The van der Waals surface area contributed by atoms with Crippen LogP contribution in [0.5, 0.6) is 0 Å². The first-order valence-electron chi connectivity index (χ1n) is 12.5. The van der Waals surface area contributed by atoms with Crippen molar-refractivity contribution in [3.63, 3.8) is 0 Å². The van der Waals surface area contributed by atoms with Gasteiger partial charge in [-0.1, -0.05) is 0 Å². The Bertz CT molecular complexity index is 1680. The van der Waals surface area contributed by atoms with Crippen LogP contribution in [0.1, 0.15) is 12.7 Å². The van der Waals surface area contributed by atoms with Crippen molar-refractivity contribution in [1.29, 1.82) is 0 Å². The highest BCUT2D eigenvalue weighted by atomic mass is 32.2. The Morgan fingerprint density at radius 3 is 2.60 bits per heavy atom. The molecule has 0 aliphatic carbocycles. The highest BCUT2D eigenvalue weighted by molar-refractivity contribution is 8.00. The first-order valence-corrected chi connectivity index (χ1v) is 13.6. The molecular weight excluding hydrogens is 573 g/mol. The van der Waals surface area contributed by atoms with Gasteiger partial charge in [0.25, 0.3) is 11.8 Å². The molecule has 2 aliphatic heterocycles. The smallest absolute Gasteiger partial charge is 0.423 e. The summed E-state index contributed by atoms with van der Waals surface area (Å²) in [6, 6.07) is 6.70. The number of β-lactam (4-membered cyclic amide) rings is 1. The van der Waals surface area contributed by atoms with Crippen LogP contribution in [-0.2, 0) is 37.0 Å². The second kappa shape index (κ2) is 11.6. The Morgan fingerprint density at radius 1 is 1.21 bits per heavy atom. The van der Waals surface area contributed by atoms with Gasteiger partial charge in [-0.3, -0.25) is 24.1 Å². The third-order valence-corrected chi connectivity index (χ3v) is 7.98. The topological polar surface area (TPSA) is 167 Å². The molecule has 1 aromatic carbocycles. The van der Waals surface area contributed by atoms with Gasteiger partial charge in [0.2, 0.25) is 5.91 Å². The Morgan fingerprint density at radius 2 is 1.95 bits per heavy atom. The lowest BCUT2D eigenvalue weighted by molar-refractivity contribution is -0.689. The summed E-state index contributed by atoms with van der Waals surface area (Å²) >= 11 is 1.35. The van der Waals surface area contributed by atoms with E-state index in [4.69, 9.17) is 4.42 Å². The molecule has 2 atom stereocenters. The number of nitrogens with one attached hydrogen (secondary N) is 2. The molecule has 218 valence electrons. The molecule has 1 saturated heterocycles. The molecule has 0 spiro atoms. The number of fused-ring (bicyclic) bond motifs is 1. The van der Waals surface area contributed by atoms with E-state index in [9.17, 15) is 29.1 Å². The summed E-state index contributed by atoms with van der Waals surface area (Å²) in [4.78, 5) is 65.5. The van der Waals surface area contributed by atoms with Crippen molar-refractivity contribution < 1.29 is 42.5 Å². The number of hydrogen-bond donors (Lipinski definition) is 2. The average Bonchev–Trinajstić information content (AvgIpc) is 3.31. The molecule has 15 heteroatoms. The van der Waals surface area contributed by atoms with Crippen LogP contribution in [0.4, 0.5) is 4.39 Å². The molecule has 4 heterocycles. The zero-order valence-corrected chi connectivity index (χ0v) is 23.1. The van der Waals surface area contributed by atoms with Crippen LogP contribution in [0.3, 0.4) is 0 Å². The summed E-state index contributed by atoms with van der Waals surface area (Å²) in [5.74, 6) is -3.91. The Hall–Kier alpha value is -4.76. The molecule has 0 saturated carbocycles. The zero-order chi connectivity index (χ0) is 30.1. The third-order valence-electron chi connectivity index (χ3n) is 6.64. The number of thioether (sulfide) groups is 1. The van der Waals surface area contributed by atoms with E-state index in [-0.39, 0.29) is 41.6 Å². The maximum atomic E-state index is 15.1. The summed E-state index contributed by atoms with van der Waals surface area (Å²) in [6.07, 6.45) is 4.35. The van der Waals surface area contributed by atoms with E-state index in [0.29, 0.717) is 16.9 Å². The fraction of sp³-hybridized carbons (Fsp3) is 0.259. The van der Waals surface area contributed by atoms with Crippen LogP contribution in [0.2, 0.25) is 0 Å². The lowest BCUT2D eigenvalue weighted by Gasteiger charge is -2.50. The quantitative estimate of drug-likeness (QED) is 0.182. The van der Waals surface area contributed by atoms with E-state index in [2.05, 4.69) is 15.6 Å². The lowest BCUT2D eigenvalue weighted by atomic mass is 10.0. The summed E-state index contributed by atoms with van der Waals surface area (Å²) in [7, 11) is 1.27. The normalized spacial score (nSPS) is 17.9. The highest BCUT2D eigenvalue weighted by Crippen LogP contribution is 2.40. The molecule has 0 unspecified atom stereocenters. The molecule has 5 rings (SSSR count). The number of aliphatic carboxylic acids is 1. The second-order valence-corrected chi connectivity index (χ2v) is 10.6. The molecular formula is C27H24FN5O8S. The molecule has 2 aliphatic rings. The van der Waals surface area contributed by atoms with Crippen LogP contribution in [0.15, 0.2) is 69.4 Å². The molecule has 3 aromatic rings. The fourth-order valence-electron chi connectivity index (χ4n) is 4.82. The number of carbonyl (C=O) groups excluding carboxylic acids is 4. The molecule has 0 radical (unpaired) electrons. The van der Waals surface area contributed by atoms with E-state index in [0.717, 1.165) is 15.5 Å². The van der Waals surface area contributed by atoms with Gasteiger partial charge in [-0.15, -0.1) is 11.8 Å². The Balaban J connectivity index is 1.32. The van der Waals surface area contributed by atoms with Crippen LogP contribution < -0.4 is 26.2 Å². The minimum Gasteiger partial charge on any atom is -0.543 e. The van der Waals surface area contributed by atoms with E-state index in [1.54, 1.807) is 29.1 Å². The van der Waals surface area contributed by atoms with Crippen LogP contribution >= 0.6 is 11.8 Å². The number of halogens is 1. The summed E-state index contributed by atoms with van der Waals surface area (Å²) in [5, 5.41) is 14.0. The number of benzene rings is 1. The van der Waals surface area contributed by atoms with Crippen molar-refractivity contribution >= 4 is 35.5 Å². The van der Waals surface area contributed by atoms with Crippen molar-refractivity contribution in [2.24, 2.45) is 0 Å². The van der Waals surface area contributed by atoms with Gasteiger partial charge in [0, 0.05) is 35.9 Å². The Kier molecular flexibility index (Phi) is 7.95. The monoisotopic (exact) mass is 597 g/mol. The third kappa shape index (κ3) is 5.56. The van der Waals surface area contributed by atoms with Crippen molar-refractivity contribution in [3.8, 4) is 16.8 Å². The fourth-order valence-corrected chi connectivity index (χ4v) is 6.15. The number of aromatic nitrogens is 2. The number of amides is 3. The molecule has 0 bridgehead atoms. The van der Waals surface area contributed by atoms with Gasteiger partial charge in [-0.2, -0.15) is 0 Å². The molecule has 1 fully saturated rings. The minimum atomic E-state index is -1.48. The van der Waals surface area contributed by atoms with Crippen molar-refractivity contribution in [1.82, 2.24) is 20.3 Å². The van der Waals surface area contributed by atoms with Gasteiger partial charge < -0.3 is 19.6 Å². The minimum absolute atomic E-state index is 0.0708. The van der Waals surface area contributed by atoms with Crippen LogP contribution in [0, 0.1) is 5.82 Å². The SMILES string of the molecule is CONC(=O)Cc1cn(-c2ccc(-c3cc[n+](CC4=C(C(=O)[O-])N5C(=O)[C@@H](NC(C)=O)[C@@H]5SC4)cc3)c(F)c2)c(=O)o1. The molecule has 3 amide bonds. The maximum Gasteiger partial charge on any atom is 0.423 e. The predicted octanol–water partition coefficient (Wildman–Crippen LogP) is -0.832. The average molecular weight is 598 g/mol. The predicted molar refractivity (Wildman–Crippen MR) is 141 cm³/mol. The van der Waals surface area contributed by atoms with Crippen molar-refractivity contribution in [3.05, 3.63) is 82.3 Å². The van der Waals surface area contributed by atoms with Crippen molar-refractivity contribution in [2.45, 2.75) is 31.3 Å². The molecule has 2 aromatic heterocycles. The van der Waals surface area contributed by atoms with Crippen molar-refractivity contribution in [2.75, 3.05) is 12.9 Å². The number of carbonyl (C=O) groups is 4. The lowest BCUT2D eigenvalue weighted by Crippen LogP contribution is -2.71. The number of nitrogens with zero attached hydrogens (tertiary/aromatic N) is 3. The van der Waals surface area contributed by atoms with E-state index >= 15 is 4.39 Å².